The number of nitrogens with zero attached hydrogens (tertiary/aromatic N) is 1. The molecule has 0 bridgehead atoms. The van der Waals surface area contributed by atoms with Gasteiger partial charge >= 0.3 is 0 Å². The number of imide groups is 1. The van der Waals surface area contributed by atoms with Gasteiger partial charge < -0.3 is 5.32 Å². The second-order valence-corrected chi connectivity index (χ2v) is 9.10. The number of rotatable bonds is 5. The van der Waals surface area contributed by atoms with E-state index in [2.05, 4.69) is 33.4 Å². The molecule has 1 aromatic rings. The molecule has 3 amide bonds. The molecule has 5 nitrogen and oxygen atoms in total. The van der Waals surface area contributed by atoms with Gasteiger partial charge in [-0.2, -0.15) is 0 Å². The Kier molecular flexibility index (Phi) is 5.10. The van der Waals surface area contributed by atoms with Crippen LogP contribution >= 0.6 is 15.9 Å². The Labute approximate surface area is 168 Å². The number of hydrogen-bond acceptors (Lipinski definition) is 3. The van der Waals surface area contributed by atoms with Gasteiger partial charge in [-0.25, -0.2) is 0 Å². The van der Waals surface area contributed by atoms with Crippen molar-refractivity contribution in [1.29, 1.82) is 0 Å². The molecule has 2 saturated carbocycles. The molecule has 2 aliphatic carbocycles. The molecule has 3 aliphatic rings. The highest BCUT2D eigenvalue weighted by Crippen LogP contribution is 2.44. The summed E-state index contributed by atoms with van der Waals surface area (Å²) in [7, 11) is 0. The first kappa shape index (κ1) is 18.7. The number of benzene rings is 1. The largest absolute Gasteiger partial charge is 0.354 e. The zero-order valence-electron chi connectivity index (χ0n) is 15.4. The van der Waals surface area contributed by atoms with Crippen LogP contribution in [-0.2, 0) is 19.8 Å². The minimum Gasteiger partial charge on any atom is -0.354 e. The Morgan fingerprint density at radius 1 is 1.11 bits per heavy atom. The first-order valence-corrected chi connectivity index (χ1v) is 10.7. The highest BCUT2D eigenvalue weighted by molar-refractivity contribution is 9.10. The minimum atomic E-state index is -0.239. The van der Waals surface area contributed by atoms with Gasteiger partial charge in [-0.05, 0) is 43.4 Å². The molecule has 3 fully saturated rings. The predicted molar refractivity (Wildman–Crippen MR) is 105 cm³/mol. The number of hydrogen-bond donors (Lipinski definition) is 1. The fourth-order valence-electron chi connectivity index (χ4n) is 4.84. The quantitative estimate of drug-likeness (QED) is 0.726. The molecule has 6 heteroatoms. The summed E-state index contributed by atoms with van der Waals surface area (Å²) >= 11 is 3.52. The lowest BCUT2D eigenvalue weighted by atomic mass is 9.64. The van der Waals surface area contributed by atoms with Crippen molar-refractivity contribution in [3.8, 4) is 0 Å². The van der Waals surface area contributed by atoms with E-state index in [1.807, 2.05) is 12.1 Å². The Morgan fingerprint density at radius 3 is 2.33 bits per heavy atom. The summed E-state index contributed by atoms with van der Waals surface area (Å²) in [5.74, 6) is -0.926. The fraction of sp³-hybridized carbons (Fsp3) is 0.571. The molecule has 1 aromatic carbocycles. The summed E-state index contributed by atoms with van der Waals surface area (Å²) < 4.78 is 1.04. The van der Waals surface area contributed by atoms with Crippen molar-refractivity contribution < 1.29 is 14.4 Å². The Balaban J connectivity index is 1.38. The van der Waals surface area contributed by atoms with Crippen LogP contribution in [0.3, 0.4) is 0 Å². The van der Waals surface area contributed by atoms with E-state index in [4.69, 9.17) is 0 Å². The van der Waals surface area contributed by atoms with Crippen LogP contribution in [-0.4, -0.2) is 35.7 Å². The molecule has 2 atom stereocenters. The molecule has 1 N–H and O–H groups in total. The molecule has 1 saturated heterocycles. The first-order valence-electron chi connectivity index (χ1n) is 9.88. The smallest absolute Gasteiger partial charge is 0.240 e. The number of amides is 3. The van der Waals surface area contributed by atoms with Crippen molar-refractivity contribution in [1.82, 2.24) is 10.2 Å². The lowest BCUT2D eigenvalue weighted by molar-refractivity contribution is -0.143. The van der Waals surface area contributed by atoms with Gasteiger partial charge in [0.05, 0.1) is 11.8 Å². The van der Waals surface area contributed by atoms with Gasteiger partial charge in [0.15, 0.2) is 0 Å². The third-order valence-electron chi connectivity index (χ3n) is 6.61. The van der Waals surface area contributed by atoms with E-state index >= 15 is 0 Å². The van der Waals surface area contributed by atoms with Crippen LogP contribution in [0.15, 0.2) is 28.7 Å². The van der Waals surface area contributed by atoms with Crippen molar-refractivity contribution in [3.05, 3.63) is 34.3 Å². The molecule has 27 heavy (non-hydrogen) atoms. The Morgan fingerprint density at radius 2 is 1.78 bits per heavy atom. The first-order chi connectivity index (χ1) is 13.0. The average Bonchev–Trinajstić information content (AvgIpc) is 2.86. The van der Waals surface area contributed by atoms with Gasteiger partial charge in [-0.15, -0.1) is 0 Å². The van der Waals surface area contributed by atoms with E-state index in [1.165, 1.54) is 10.5 Å². The summed E-state index contributed by atoms with van der Waals surface area (Å²) in [6, 6.07) is 8.24. The number of fused-ring (bicyclic) bond motifs is 1. The molecule has 144 valence electrons. The van der Waals surface area contributed by atoms with Gasteiger partial charge in [0, 0.05) is 16.4 Å². The van der Waals surface area contributed by atoms with Crippen LogP contribution in [0.1, 0.15) is 50.5 Å². The van der Waals surface area contributed by atoms with Crippen molar-refractivity contribution in [2.45, 2.75) is 50.4 Å². The standard InChI is InChI=1S/C21H25BrN2O3/c22-15-6-3-5-14(11-15)21(9-4-10-21)13-23-18(25)12-24-19(26)16-7-1-2-8-17(16)20(24)27/h3,5-6,11,16-17H,1-2,4,7-10,12-13H2,(H,23,25). The summed E-state index contributed by atoms with van der Waals surface area (Å²) in [4.78, 5) is 38.8. The summed E-state index contributed by atoms with van der Waals surface area (Å²) in [5, 5.41) is 2.99. The number of carbonyl (C=O) groups excluding carboxylic acids is 3. The maximum absolute atomic E-state index is 12.5. The third kappa shape index (κ3) is 3.44. The number of carbonyl (C=O) groups is 3. The maximum Gasteiger partial charge on any atom is 0.240 e. The highest BCUT2D eigenvalue weighted by Gasteiger charge is 2.48. The van der Waals surface area contributed by atoms with Gasteiger partial charge in [-0.1, -0.05) is 47.3 Å². The summed E-state index contributed by atoms with van der Waals surface area (Å²) in [6.07, 6.45) is 6.77. The van der Waals surface area contributed by atoms with Crippen LogP contribution in [0.2, 0.25) is 0 Å². The van der Waals surface area contributed by atoms with Crippen molar-refractivity contribution >= 4 is 33.7 Å². The monoisotopic (exact) mass is 432 g/mol. The van der Waals surface area contributed by atoms with Gasteiger partial charge in [-0.3, -0.25) is 19.3 Å². The van der Waals surface area contributed by atoms with Crippen LogP contribution < -0.4 is 5.32 Å². The van der Waals surface area contributed by atoms with E-state index in [0.29, 0.717) is 6.54 Å². The highest BCUT2D eigenvalue weighted by atomic mass is 79.9. The van der Waals surface area contributed by atoms with Crippen LogP contribution in [0.25, 0.3) is 0 Å². The van der Waals surface area contributed by atoms with Gasteiger partial charge in [0.2, 0.25) is 17.7 Å². The zero-order valence-corrected chi connectivity index (χ0v) is 17.0. The lowest BCUT2D eigenvalue weighted by Crippen LogP contribution is -2.48. The van der Waals surface area contributed by atoms with E-state index in [0.717, 1.165) is 49.4 Å². The number of nitrogens with one attached hydrogen (secondary N) is 1. The Hall–Kier alpha value is -1.69. The molecule has 1 aliphatic heterocycles. The van der Waals surface area contributed by atoms with Crippen molar-refractivity contribution in [2.24, 2.45) is 11.8 Å². The molecule has 0 aromatic heterocycles. The van der Waals surface area contributed by atoms with Crippen LogP contribution in [0, 0.1) is 11.8 Å². The SMILES string of the molecule is O=C(CN1C(=O)C2CCCCC2C1=O)NCC1(c2cccc(Br)c2)CCC1. The second kappa shape index (κ2) is 7.38. The number of halogens is 1. The molecule has 0 radical (unpaired) electrons. The fourth-order valence-corrected chi connectivity index (χ4v) is 5.24. The maximum atomic E-state index is 12.5. The molecular formula is C21H25BrN2O3. The van der Waals surface area contributed by atoms with E-state index in [9.17, 15) is 14.4 Å². The molecular weight excluding hydrogens is 408 g/mol. The van der Waals surface area contributed by atoms with Crippen LogP contribution in [0.5, 0.6) is 0 Å². The Bertz CT molecular complexity index is 750. The lowest BCUT2D eigenvalue weighted by Gasteiger charge is -2.42. The van der Waals surface area contributed by atoms with E-state index < -0.39 is 0 Å². The topological polar surface area (TPSA) is 66.5 Å². The van der Waals surface area contributed by atoms with Crippen LogP contribution in [0.4, 0.5) is 0 Å². The van der Waals surface area contributed by atoms with E-state index in [1.54, 1.807) is 0 Å². The second-order valence-electron chi connectivity index (χ2n) is 8.18. The molecule has 4 rings (SSSR count). The van der Waals surface area contributed by atoms with Gasteiger partial charge in [0.1, 0.15) is 6.54 Å². The normalized spacial score (nSPS) is 26.5. The van der Waals surface area contributed by atoms with Crippen molar-refractivity contribution in [2.75, 3.05) is 13.1 Å². The molecule has 2 unspecified atom stereocenters. The third-order valence-corrected chi connectivity index (χ3v) is 7.10. The zero-order chi connectivity index (χ0) is 19.0. The van der Waals surface area contributed by atoms with Gasteiger partial charge in [0.25, 0.3) is 0 Å². The predicted octanol–water partition coefficient (Wildman–Crippen LogP) is 3.16. The minimum absolute atomic E-state index is 0.0353. The average molecular weight is 433 g/mol. The molecule has 1 heterocycles. The van der Waals surface area contributed by atoms with E-state index in [-0.39, 0.29) is 41.5 Å². The summed E-state index contributed by atoms with van der Waals surface area (Å²) in [6.45, 7) is 0.407. The number of likely N-dealkylation sites (tertiary alicyclic amines) is 1. The summed E-state index contributed by atoms with van der Waals surface area (Å²) in [5.41, 5.74) is 1.19. The van der Waals surface area contributed by atoms with Crippen molar-refractivity contribution in [3.63, 3.8) is 0 Å². The molecule has 0 spiro atoms.